The average Bonchev–Trinajstić information content (AvgIpc) is 2.73. The fraction of sp³-hybridized carbons (Fsp3) is 0.133. The lowest BCUT2D eigenvalue weighted by Gasteiger charge is -2.06. The number of benzene rings is 2. The third-order valence-electron chi connectivity index (χ3n) is 3.03. The van der Waals surface area contributed by atoms with Crippen LogP contribution >= 0.6 is 15.9 Å². The van der Waals surface area contributed by atoms with Crippen LogP contribution in [-0.2, 0) is 13.7 Å². The fourth-order valence-corrected chi connectivity index (χ4v) is 2.60. The van der Waals surface area contributed by atoms with E-state index >= 15 is 0 Å². The summed E-state index contributed by atoms with van der Waals surface area (Å²) in [6, 6.07) is 16.1. The highest BCUT2D eigenvalue weighted by molar-refractivity contribution is 9.10. The second-order valence-corrected chi connectivity index (χ2v) is 5.12. The van der Waals surface area contributed by atoms with Gasteiger partial charge in [0.25, 0.3) is 0 Å². The van der Waals surface area contributed by atoms with Crippen LogP contribution in [0.5, 0.6) is 5.75 Å². The van der Waals surface area contributed by atoms with Crippen molar-refractivity contribution in [2.75, 3.05) is 0 Å². The Morgan fingerprint density at radius 2 is 1.95 bits per heavy atom. The van der Waals surface area contributed by atoms with Crippen LogP contribution in [0, 0.1) is 0 Å². The molecule has 0 unspecified atom stereocenters. The zero-order valence-electron chi connectivity index (χ0n) is 10.5. The van der Waals surface area contributed by atoms with Crippen molar-refractivity contribution in [3.8, 4) is 5.75 Å². The van der Waals surface area contributed by atoms with E-state index in [1.54, 1.807) is 0 Å². The zero-order valence-corrected chi connectivity index (χ0v) is 12.1. The number of hydrogen-bond donors (Lipinski definition) is 0. The van der Waals surface area contributed by atoms with Crippen LogP contribution in [0.15, 0.2) is 53.1 Å². The Hall–Kier alpha value is -1.81. The Labute approximate surface area is 119 Å². The van der Waals surface area contributed by atoms with Gasteiger partial charge in [-0.3, -0.25) is 4.68 Å². The molecule has 3 aromatic rings. The highest BCUT2D eigenvalue weighted by Crippen LogP contribution is 2.26. The van der Waals surface area contributed by atoms with Gasteiger partial charge in [0.15, 0.2) is 0 Å². The van der Waals surface area contributed by atoms with Crippen LogP contribution < -0.4 is 4.74 Å². The fourth-order valence-electron chi connectivity index (χ4n) is 2.02. The van der Waals surface area contributed by atoms with Gasteiger partial charge < -0.3 is 4.74 Å². The molecule has 4 heteroatoms. The summed E-state index contributed by atoms with van der Waals surface area (Å²) in [5, 5.41) is 5.42. The Bertz CT molecular complexity index is 707. The molecular formula is C15H13BrN2O. The zero-order chi connectivity index (χ0) is 13.2. The minimum atomic E-state index is 0.575. The molecule has 1 aromatic heterocycles. The molecule has 0 aliphatic rings. The van der Waals surface area contributed by atoms with Gasteiger partial charge in [0, 0.05) is 18.5 Å². The standard InChI is InChI=1S/C15H13BrN2O/c1-18-14-9-12(7-8-13(14)15(16)17-18)19-10-11-5-3-2-4-6-11/h2-9H,10H2,1H3. The molecule has 96 valence electrons. The quantitative estimate of drug-likeness (QED) is 0.732. The Morgan fingerprint density at radius 1 is 1.16 bits per heavy atom. The molecule has 0 saturated carbocycles. The van der Waals surface area contributed by atoms with Crippen molar-refractivity contribution in [2.45, 2.75) is 6.61 Å². The first-order valence-electron chi connectivity index (χ1n) is 6.03. The lowest BCUT2D eigenvalue weighted by Crippen LogP contribution is -1.95. The smallest absolute Gasteiger partial charge is 0.135 e. The molecule has 0 amide bonds. The van der Waals surface area contributed by atoms with Crippen molar-refractivity contribution in [3.63, 3.8) is 0 Å². The predicted molar refractivity (Wildman–Crippen MR) is 79.2 cm³/mol. The van der Waals surface area contributed by atoms with Crippen molar-refractivity contribution >= 4 is 26.8 Å². The SMILES string of the molecule is Cn1nc(Br)c2ccc(OCc3ccccc3)cc21. The highest BCUT2D eigenvalue weighted by Gasteiger charge is 2.07. The number of aromatic nitrogens is 2. The molecular weight excluding hydrogens is 304 g/mol. The molecule has 2 aromatic carbocycles. The predicted octanol–water partition coefficient (Wildman–Crippen LogP) is 3.91. The van der Waals surface area contributed by atoms with E-state index in [0.29, 0.717) is 6.61 Å². The lowest BCUT2D eigenvalue weighted by atomic mass is 10.2. The number of nitrogens with zero attached hydrogens (tertiary/aromatic N) is 2. The number of rotatable bonds is 3. The van der Waals surface area contributed by atoms with Crippen molar-refractivity contribution in [1.82, 2.24) is 9.78 Å². The van der Waals surface area contributed by atoms with Crippen molar-refractivity contribution < 1.29 is 4.74 Å². The summed E-state index contributed by atoms with van der Waals surface area (Å²) < 4.78 is 8.51. The van der Waals surface area contributed by atoms with Gasteiger partial charge in [0.1, 0.15) is 17.0 Å². The summed E-state index contributed by atoms with van der Waals surface area (Å²) in [5.74, 6) is 0.854. The maximum absolute atomic E-state index is 5.81. The van der Waals surface area contributed by atoms with Crippen LogP contribution in [0.4, 0.5) is 0 Å². The average molecular weight is 317 g/mol. The molecule has 0 saturated heterocycles. The molecule has 0 spiro atoms. The molecule has 0 N–H and O–H groups in total. The van der Waals surface area contributed by atoms with Crippen LogP contribution in [-0.4, -0.2) is 9.78 Å². The number of halogens is 1. The van der Waals surface area contributed by atoms with Gasteiger partial charge in [0.05, 0.1) is 5.52 Å². The summed E-state index contributed by atoms with van der Waals surface area (Å²) in [6.07, 6.45) is 0. The second kappa shape index (κ2) is 5.05. The van der Waals surface area contributed by atoms with E-state index in [4.69, 9.17) is 4.74 Å². The highest BCUT2D eigenvalue weighted by atomic mass is 79.9. The van der Waals surface area contributed by atoms with Crippen molar-refractivity contribution in [1.29, 1.82) is 0 Å². The Morgan fingerprint density at radius 3 is 2.74 bits per heavy atom. The van der Waals surface area contributed by atoms with E-state index in [-0.39, 0.29) is 0 Å². The first-order valence-corrected chi connectivity index (χ1v) is 6.82. The summed E-state index contributed by atoms with van der Waals surface area (Å²) >= 11 is 3.45. The maximum Gasteiger partial charge on any atom is 0.135 e. The normalized spacial score (nSPS) is 10.8. The van der Waals surface area contributed by atoms with E-state index < -0.39 is 0 Å². The molecule has 0 radical (unpaired) electrons. The molecule has 19 heavy (non-hydrogen) atoms. The number of fused-ring (bicyclic) bond motifs is 1. The number of ether oxygens (including phenoxy) is 1. The summed E-state index contributed by atoms with van der Waals surface area (Å²) in [7, 11) is 1.92. The molecule has 3 nitrogen and oxygen atoms in total. The minimum absolute atomic E-state index is 0.575. The van der Waals surface area contributed by atoms with E-state index in [0.717, 1.165) is 26.8 Å². The van der Waals surface area contributed by atoms with Gasteiger partial charge in [-0.05, 0) is 33.6 Å². The summed E-state index contributed by atoms with van der Waals surface area (Å²) in [5.41, 5.74) is 2.21. The summed E-state index contributed by atoms with van der Waals surface area (Å²) in [6.45, 7) is 0.575. The largest absolute Gasteiger partial charge is 0.489 e. The van der Waals surface area contributed by atoms with Crippen LogP contribution in [0.2, 0.25) is 0 Å². The molecule has 0 fully saturated rings. The molecule has 1 heterocycles. The van der Waals surface area contributed by atoms with E-state index in [9.17, 15) is 0 Å². The molecule has 0 atom stereocenters. The third-order valence-corrected chi connectivity index (χ3v) is 3.61. The van der Waals surface area contributed by atoms with Crippen LogP contribution in [0.3, 0.4) is 0 Å². The van der Waals surface area contributed by atoms with Crippen LogP contribution in [0.1, 0.15) is 5.56 Å². The second-order valence-electron chi connectivity index (χ2n) is 4.37. The Kier molecular flexibility index (Phi) is 3.25. The topological polar surface area (TPSA) is 27.1 Å². The van der Waals surface area contributed by atoms with E-state index in [2.05, 4.69) is 33.2 Å². The first kappa shape index (κ1) is 12.2. The van der Waals surface area contributed by atoms with Gasteiger partial charge >= 0.3 is 0 Å². The lowest BCUT2D eigenvalue weighted by molar-refractivity contribution is 0.306. The van der Waals surface area contributed by atoms with Gasteiger partial charge in [-0.1, -0.05) is 30.3 Å². The first-order chi connectivity index (χ1) is 9.24. The number of hydrogen-bond acceptors (Lipinski definition) is 2. The van der Waals surface area contributed by atoms with E-state index in [1.807, 2.05) is 48.1 Å². The monoisotopic (exact) mass is 316 g/mol. The third kappa shape index (κ3) is 2.49. The van der Waals surface area contributed by atoms with Crippen LogP contribution in [0.25, 0.3) is 10.9 Å². The molecule has 0 bridgehead atoms. The van der Waals surface area contributed by atoms with E-state index in [1.165, 1.54) is 0 Å². The molecule has 3 rings (SSSR count). The maximum atomic E-state index is 5.81. The summed E-state index contributed by atoms with van der Waals surface area (Å²) in [4.78, 5) is 0. The molecule has 0 aliphatic carbocycles. The molecule has 0 aliphatic heterocycles. The van der Waals surface area contributed by atoms with Crippen molar-refractivity contribution in [3.05, 3.63) is 58.7 Å². The van der Waals surface area contributed by atoms with Gasteiger partial charge in [-0.15, -0.1) is 0 Å². The number of aryl methyl sites for hydroxylation is 1. The Balaban J connectivity index is 1.84. The van der Waals surface area contributed by atoms with Gasteiger partial charge in [0.2, 0.25) is 0 Å². The van der Waals surface area contributed by atoms with Crippen molar-refractivity contribution in [2.24, 2.45) is 7.05 Å². The van der Waals surface area contributed by atoms with Gasteiger partial charge in [-0.25, -0.2) is 0 Å². The van der Waals surface area contributed by atoms with Gasteiger partial charge in [-0.2, -0.15) is 5.10 Å². The minimum Gasteiger partial charge on any atom is -0.489 e.